The number of fused-ring (bicyclic) bond motifs is 1. The molecule has 0 spiro atoms. The molecule has 92 valence electrons. The maximum Gasteiger partial charge on any atom is 0.259 e. The van der Waals surface area contributed by atoms with Gasteiger partial charge >= 0.3 is 0 Å². The summed E-state index contributed by atoms with van der Waals surface area (Å²) in [5, 5.41) is 9.74. The van der Waals surface area contributed by atoms with Crippen molar-refractivity contribution in [1.29, 1.82) is 0 Å². The molecule has 17 heavy (non-hydrogen) atoms. The zero-order valence-electron chi connectivity index (χ0n) is 10.1. The van der Waals surface area contributed by atoms with Crippen molar-refractivity contribution < 1.29 is 14.6 Å². The Bertz CT molecular complexity index is 429. The van der Waals surface area contributed by atoms with E-state index in [9.17, 15) is 9.90 Å². The van der Waals surface area contributed by atoms with Crippen molar-refractivity contribution in [3.8, 4) is 5.75 Å². The fourth-order valence-electron chi connectivity index (χ4n) is 2.00. The SMILES string of the molecule is CN(C)C(=O)COc1cccc2c1CCC2O. The highest BCUT2D eigenvalue weighted by molar-refractivity contribution is 5.77. The van der Waals surface area contributed by atoms with Gasteiger partial charge in [0.05, 0.1) is 6.10 Å². The van der Waals surface area contributed by atoms with Gasteiger partial charge in [-0.25, -0.2) is 0 Å². The second-order valence-corrected chi connectivity index (χ2v) is 4.46. The number of hydrogen-bond donors (Lipinski definition) is 1. The quantitative estimate of drug-likeness (QED) is 0.854. The third kappa shape index (κ3) is 2.42. The molecule has 2 rings (SSSR count). The largest absolute Gasteiger partial charge is 0.483 e. The second-order valence-electron chi connectivity index (χ2n) is 4.46. The van der Waals surface area contributed by atoms with Crippen molar-refractivity contribution in [2.24, 2.45) is 0 Å². The summed E-state index contributed by atoms with van der Waals surface area (Å²) >= 11 is 0. The van der Waals surface area contributed by atoms with Crippen LogP contribution in [0.25, 0.3) is 0 Å². The lowest BCUT2D eigenvalue weighted by Crippen LogP contribution is -2.27. The Labute approximate surface area is 101 Å². The fourth-order valence-corrected chi connectivity index (χ4v) is 2.00. The van der Waals surface area contributed by atoms with Crippen LogP contribution in [0.5, 0.6) is 5.75 Å². The molecule has 4 heteroatoms. The second kappa shape index (κ2) is 4.75. The first-order chi connectivity index (χ1) is 8.09. The zero-order chi connectivity index (χ0) is 12.4. The van der Waals surface area contributed by atoms with E-state index in [2.05, 4.69) is 0 Å². The molecule has 0 heterocycles. The van der Waals surface area contributed by atoms with Gasteiger partial charge in [-0.2, -0.15) is 0 Å². The van der Waals surface area contributed by atoms with Crippen molar-refractivity contribution in [2.45, 2.75) is 18.9 Å². The minimum absolute atomic E-state index is 0.0412. The van der Waals surface area contributed by atoms with Crippen LogP contribution in [0.15, 0.2) is 18.2 Å². The molecular formula is C13H17NO3. The minimum atomic E-state index is -0.391. The normalized spacial score (nSPS) is 17.7. The summed E-state index contributed by atoms with van der Waals surface area (Å²) in [6.07, 6.45) is 1.15. The fraction of sp³-hybridized carbons (Fsp3) is 0.462. The Kier molecular flexibility index (Phi) is 3.33. The van der Waals surface area contributed by atoms with Gasteiger partial charge in [0.25, 0.3) is 5.91 Å². The maximum absolute atomic E-state index is 11.4. The Morgan fingerprint density at radius 3 is 3.00 bits per heavy atom. The first-order valence-corrected chi connectivity index (χ1v) is 5.72. The molecule has 1 aromatic rings. The van der Waals surface area contributed by atoms with Gasteiger partial charge in [-0.05, 0) is 24.5 Å². The number of aliphatic hydroxyl groups is 1. The Morgan fingerprint density at radius 2 is 2.29 bits per heavy atom. The highest BCUT2D eigenvalue weighted by Crippen LogP contribution is 2.36. The number of carbonyl (C=O) groups is 1. The van der Waals surface area contributed by atoms with Gasteiger partial charge in [0.1, 0.15) is 5.75 Å². The van der Waals surface area contributed by atoms with Crippen LogP contribution < -0.4 is 4.74 Å². The average molecular weight is 235 g/mol. The first kappa shape index (κ1) is 11.9. The minimum Gasteiger partial charge on any atom is -0.483 e. The van der Waals surface area contributed by atoms with Gasteiger partial charge in [-0.3, -0.25) is 4.79 Å². The van der Waals surface area contributed by atoms with E-state index < -0.39 is 6.10 Å². The van der Waals surface area contributed by atoms with E-state index in [0.29, 0.717) is 5.75 Å². The van der Waals surface area contributed by atoms with E-state index in [1.807, 2.05) is 18.2 Å². The molecule has 0 aromatic heterocycles. The van der Waals surface area contributed by atoms with Crippen molar-refractivity contribution >= 4 is 5.91 Å². The molecule has 0 fully saturated rings. The number of ether oxygens (including phenoxy) is 1. The molecule has 0 saturated carbocycles. The lowest BCUT2D eigenvalue weighted by Gasteiger charge is -2.13. The molecular weight excluding hydrogens is 218 g/mol. The summed E-state index contributed by atoms with van der Waals surface area (Å²) in [4.78, 5) is 12.9. The van der Waals surface area contributed by atoms with Crippen LogP contribution in [0.3, 0.4) is 0 Å². The topological polar surface area (TPSA) is 49.8 Å². The van der Waals surface area contributed by atoms with Crippen LogP contribution in [0.2, 0.25) is 0 Å². The van der Waals surface area contributed by atoms with E-state index in [4.69, 9.17) is 4.74 Å². The monoisotopic (exact) mass is 235 g/mol. The van der Waals surface area contributed by atoms with Crippen molar-refractivity contribution in [1.82, 2.24) is 4.90 Å². The van der Waals surface area contributed by atoms with Crippen LogP contribution in [0, 0.1) is 0 Å². The van der Waals surface area contributed by atoms with Crippen molar-refractivity contribution in [3.63, 3.8) is 0 Å². The Morgan fingerprint density at radius 1 is 1.53 bits per heavy atom. The zero-order valence-corrected chi connectivity index (χ0v) is 10.1. The van der Waals surface area contributed by atoms with Gasteiger partial charge < -0.3 is 14.7 Å². The van der Waals surface area contributed by atoms with Gasteiger partial charge in [0.2, 0.25) is 0 Å². The van der Waals surface area contributed by atoms with E-state index >= 15 is 0 Å². The number of rotatable bonds is 3. The first-order valence-electron chi connectivity index (χ1n) is 5.72. The number of nitrogens with zero attached hydrogens (tertiary/aromatic N) is 1. The van der Waals surface area contributed by atoms with Gasteiger partial charge in [-0.15, -0.1) is 0 Å². The van der Waals surface area contributed by atoms with Crippen LogP contribution in [0.1, 0.15) is 23.7 Å². The number of carbonyl (C=O) groups excluding carboxylic acids is 1. The summed E-state index contributed by atoms with van der Waals surface area (Å²) in [7, 11) is 3.40. The average Bonchev–Trinajstić information content (AvgIpc) is 2.69. The molecule has 1 unspecified atom stereocenters. The molecule has 0 saturated heterocycles. The predicted octanol–water partition coefficient (Wildman–Crippen LogP) is 1.13. The van der Waals surface area contributed by atoms with Gasteiger partial charge in [0, 0.05) is 19.7 Å². The number of aliphatic hydroxyl groups excluding tert-OH is 1. The molecule has 1 aliphatic carbocycles. The molecule has 1 aromatic carbocycles. The molecule has 0 radical (unpaired) electrons. The van der Waals surface area contributed by atoms with Crippen LogP contribution in [0.4, 0.5) is 0 Å². The van der Waals surface area contributed by atoms with E-state index in [-0.39, 0.29) is 12.5 Å². The highest BCUT2D eigenvalue weighted by atomic mass is 16.5. The molecule has 1 atom stereocenters. The Hall–Kier alpha value is -1.55. The Balaban J connectivity index is 2.10. The predicted molar refractivity (Wildman–Crippen MR) is 63.9 cm³/mol. The van der Waals surface area contributed by atoms with Gasteiger partial charge in [-0.1, -0.05) is 12.1 Å². The number of likely N-dealkylation sites (N-methyl/N-ethyl adjacent to an activating group) is 1. The van der Waals surface area contributed by atoms with Crippen molar-refractivity contribution in [2.75, 3.05) is 20.7 Å². The lowest BCUT2D eigenvalue weighted by molar-refractivity contribution is -0.130. The molecule has 1 aliphatic rings. The standard InChI is InChI=1S/C13H17NO3/c1-14(2)13(16)8-17-12-5-3-4-9-10(12)6-7-11(9)15/h3-5,11,15H,6-8H2,1-2H3. The highest BCUT2D eigenvalue weighted by Gasteiger charge is 2.23. The molecule has 1 amide bonds. The lowest BCUT2D eigenvalue weighted by atomic mass is 10.1. The molecule has 4 nitrogen and oxygen atoms in total. The van der Waals surface area contributed by atoms with Crippen LogP contribution in [-0.4, -0.2) is 36.6 Å². The third-order valence-electron chi connectivity index (χ3n) is 3.05. The van der Waals surface area contributed by atoms with E-state index in [0.717, 1.165) is 24.0 Å². The number of hydrogen-bond acceptors (Lipinski definition) is 3. The summed E-state index contributed by atoms with van der Waals surface area (Å²) < 4.78 is 5.52. The summed E-state index contributed by atoms with van der Waals surface area (Å²) in [6.45, 7) is 0.0412. The summed E-state index contributed by atoms with van der Waals surface area (Å²) in [5.74, 6) is 0.649. The molecule has 0 aliphatic heterocycles. The summed E-state index contributed by atoms with van der Waals surface area (Å²) in [5.41, 5.74) is 1.96. The maximum atomic E-state index is 11.4. The van der Waals surface area contributed by atoms with Gasteiger partial charge in [0.15, 0.2) is 6.61 Å². The summed E-state index contributed by atoms with van der Waals surface area (Å²) in [6, 6.07) is 5.61. The number of benzene rings is 1. The van der Waals surface area contributed by atoms with Crippen LogP contribution in [-0.2, 0) is 11.2 Å². The van der Waals surface area contributed by atoms with Crippen LogP contribution >= 0.6 is 0 Å². The molecule has 0 bridgehead atoms. The third-order valence-corrected chi connectivity index (χ3v) is 3.05. The van der Waals surface area contributed by atoms with E-state index in [1.165, 1.54) is 4.90 Å². The molecule has 1 N–H and O–H groups in total. The van der Waals surface area contributed by atoms with E-state index in [1.54, 1.807) is 14.1 Å². The smallest absolute Gasteiger partial charge is 0.259 e. The van der Waals surface area contributed by atoms with Crippen molar-refractivity contribution in [3.05, 3.63) is 29.3 Å². The number of amides is 1.